The van der Waals surface area contributed by atoms with E-state index in [0.717, 1.165) is 0 Å². The van der Waals surface area contributed by atoms with Crippen molar-refractivity contribution in [3.05, 3.63) is 87.4 Å². The highest BCUT2D eigenvalue weighted by Crippen LogP contribution is 2.31. The zero-order valence-electron chi connectivity index (χ0n) is 14.3. The van der Waals surface area contributed by atoms with E-state index < -0.39 is 10.8 Å². The molecule has 8 heteroatoms. The third-order valence-electron chi connectivity index (χ3n) is 4.10. The number of aromatic nitrogens is 1. The summed E-state index contributed by atoms with van der Waals surface area (Å²) in [5.41, 5.74) is 1.86. The number of rotatable bonds is 4. The molecule has 0 bridgehead atoms. The molecule has 0 atom stereocenters. The topological polar surface area (TPSA) is 98.3 Å². The molecule has 0 saturated carbocycles. The summed E-state index contributed by atoms with van der Waals surface area (Å²) in [5.74, 6) is -0.218. The van der Waals surface area contributed by atoms with Crippen molar-refractivity contribution in [3.8, 4) is 11.5 Å². The number of nitrogens with one attached hydrogen (secondary N) is 1. The van der Waals surface area contributed by atoms with Crippen molar-refractivity contribution in [2.75, 3.05) is 5.32 Å². The van der Waals surface area contributed by atoms with E-state index in [1.165, 1.54) is 18.2 Å². The van der Waals surface area contributed by atoms with Crippen LogP contribution in [0.25, 0.3) is 22.6 Å². The first kappa shape index (κ1) is 17.7. The Labute approximate surface area is 163 Å². The van der Waals surface area contributed by atoms with Gasteiger partial charge in [0.15, 0.2) is 5.58 Å². The largest absolute Gasteiger partial charge is 0.436 e. The highest BCUT2D eigenvalue weighted by Gasteiger charge is 2.19. The summed E-state index contributed by atoms with van der Waals surface area (Å²) in [7, 11) is 0. The number of nitro benzene ring substituents is 1. The number of nitrogens with zero attached hydrogens (tertiary/aromatic N) is 2. The van der Waals surface area contributed by atoms with Crippen LogP contribution >= 0.6 is 11.6 Å². The van der Waals surface area contributed by atoms with Crippen molar-refractivity contribution < 1.29 is 14.1 Å². The number of para-hydroxylation sites is 1. The van der Waals surface area contributed by atoms with Crippen LogP contribution in [0.3, 0.4) is 0 Å². The number of hydrogen-bond acceptors (Lipinski definition) is 5. The van der Waals surface area contributed by atoms with Crippen LogP contribution in [0.5, 0.6) is 0 Å². The van der Waals surface area contributed by atoms with E-state index in [2.05, 4.69) is 10.3 Å². The number of benzene rings is 3. The number of hydrogen-bond donors (Lipinski definition) is 1. The number of oxazole rings is 1. The van der Waals surface area contributed by atoms with Crippen LogP contribution in [0, 0.1) is 10.1 Å². The van der Waals surface area contributed by atoms with Crippen LogP contribution in [0.2, 0.25) is 5.02 Å². The van der Waals surface area contributed by atoms with Gasteiger partial charge < -0.3 is 9.73 Å². The lowest BCUT2D eigenvalue weighted by Gasteiger charge is -2.05. The fraction of sp³-hybridized carbons (Fsp3) is 0. The molecule has 0 fully saturated rings. The summed E-state index contributed by atoms with van der Waals surface area (Å²) < 4.78 is 5.73. The first-order valence-corrected chi connectivity index (χ1v) is 8.61. The second kappa shape index (κ2) is 7.13. The molecule has 7 nitrogen and oxygen atoms in total. The predicted octanol–water partition coefficient (Wildman–Crippen LogP) is 5.31. The molecule has 0 radical (unpaired) electrons. The van der Waals surface area contributed by atoms with Gasteiger partial charge in [-0.05, 0) is 36.4 Å². The maximum atomic E-state index is 12.5. The molecule has 1 aromatic heterocycles. The van der Waals surface area contributed by atoms with E-state index in [4.69, 9.17) is 16.0 Å². The fourth-order valence-corrected chi connectivity index (χ4v) is 2.99. The molecular weight excluding hydrogens is 382 g/mol. The van der Waals surface area contributed by atoms with Crippen molar-refractivity contribution in [1.29, 1.82) is 0 Å². The van der Waals surface area contributed by atoms with Gasteiger partial charge in [0, 0.05) is 11.8 Å². The molecule has 1 heterocycles. The molecule has 0 saturated heterocycles. The number of carbonyl (C=O) groups is 1. The normalized spacial score (nSPS) is 10.8. The summed E-state index contributed by atoms with van der Waals surface area (Å²) >= 11 is 6.18. The minimum Gasteiger partial charge on any atom is -0.436 e. The zero-order chi connectivity index (χ0) is 19.7. The quantitative estimate of drug-likeness (QED) is 0.374. The standard InChI is InChI=1S/C20H12ClN3O4/c21-15-7-3-1-5-13(15)20-23-16-11-12(9-10-18(16)28-20)22-19(25)14-6-2-4-8-17(14)24(26)27/h1-11H,(H,22,25). The van der Waals surface area contributed by atoms with Crippen molar-refractivity contribution in [2.45, 2.75) is 0 Å². The van der Waals surface area contributed by atoms with Crippen LogP contribution < -0.4 is 5.32 Å². The second-order valence-corrected chi connectivity index (χ2v) is 6.32. The highest BCUT2D eigenvalue weighted by atomic mass is 35.5. The second-order valence-electron chi connectivity index (χ2n) is 5.91. The Morgan fingerprint density at radius 2 is 1.82 bits per heavy atom. The molecular formula is C20H12ClN3O4. The van der Waals surface area contributed by atoms with Gasteiger partial charge in [-0.1, -0.05) is 35.9 Å². The fourth-order valence-electron chi connectivity index (χ4n) is 2.78. The maximum Gasteiger partial charge on any atom is 0.282 e. The number of nitro groups is 1. The third-order valence-corrected chi connectivity index (χ3v) is 4.42. The minimum absolute atomic E-state index is 0.0236. The lowest BCUT2D eigenvalue weighted by atomic mass is 10.1. The summed E-state index contributed by atoms with van der Waals surface area (Å²) in [6, 6.07) is 17.9. The Kier molecular flexibility index (Phi) is 4.50. The van der Waals surface area contributed by atoms with Gasteiger partial charge >= 0.3 is 0 Å². The molecule has 0 aliphatic heterocycles. The average Bonchev–Trinajstić information content (AvgIpc) is 3.11. The van der Waals surface area contributed by atoms with E-state index >= 15 is 0 Å². The Hall–Kier alpha value is -3.71. The van der Waals surface area contributed by atoms with Gasteiger partial charge in [-0.2, -0.15) is 0 Å². The van der Waals surface area contributed by atoms with Crippen LogP contribution in [-0.2, 0) is 0 Å². The number of fused-ring (bicyclic) bond motifs is 1. The van der Waals surface area contributed by atoms with Crippen molar-refractivity contribution in [1.82, 2.24) is 4.98 Å². The third kappa shape index (κ3) is 3.30. The van der Waals surface area contributed by atoms with E-state index in [-0.39, 0.29) is 11.3 Å². The minimum atomic E-state index is -0.592. The lowest BCUT2D eigenvalue weighted by molar-refractivity contribution is -0.385. The molecule has 138 valence electrons. The van der Waals surface area contributed by atoms with E-state index in [1.54, 1.807) is 36.4 Å². The average molecular weight is 394 g/mol. The van der Waals surface area contributed by atoms with Gasteiger partial charge in [0.2, 0.25) is 5.89 Å². The number of anilines is 1. The Balaban J connectivity index is 1.65. The highest BCUT2D eigenvalue weighted by molar-refractivity contribution is 6.33. The molecule has 0 spiro atoms. The number of halogens is 1. The van der Waals surface area contributed by atoms with E-state index in [9.17, 15) is 14.9 Å². The molecule has 0 aliphatic carbocycles. The maximum absolute atomic E-state index is 12.5. The van der Waals surface area contributed by atoms with Crippen molar-refractivity contribution >= 4 is 40.0 Å². The molecule has 4 rings (SSSR count). The van der Waals surface area contributed by atoms with Gasteiger partial charge in [-0.25, -0.2) is 4.98 Å². The molecule has 4 aromatic rings. The molecule has 1 amide bonds. The Morgan fingerprint density at radius 1 is 1.07 bits per heavy atom. The zero-order valence-corrected chi connectivity index (χ0v) is 15.0. The molecule has 0 unspecified atom stereocenters. The van der Waals surface area contributed by atoms with Crippen molar-refractivity contribution in [3.63, 3.8) is 0 Å². The number of amides is 1. The van der Waals surface area contributed by atoms with Crippen LogP contribution in [0.4, 0.5) is 11.4 Å². The molecule has 3 aromatic carbocycles. The first-order valence-electron chi connectivity index (χ1n) is 8.23. The lowest BCUT2D eigenvalue weighted by Crippen LogP contribution is -2.13. The SMILES string of the molecule is O=C(Nc1ccc2oc(-c3ccccc3Cl)nc2c1)c1ccccc1[N+](=O)[O-]. The monoisotopic (exact) mass is 393 g/mol. The summed E-state index contributed by atoms with van der Waals surface area (Å²) in [5, 5.41) is 14.3. The van der Waals surface area contributed by atoms with Crippen LogP contribution in [0.15, 0.2) is 71.1 Å². The van der Waals surface area contributed by atoms with E-state index in [0.29, 0.717) is 33.3 Å². The van der Waals surface area contributed by atoms with Crippen LogP contribution in [-0.4, -0.2) is 15.8 Å². The summed E-state index contributed by atoms with van der Waals surface area (Å²) in [6.07, 6.45) is 0. The first-order chi connectivity index (χ1) is 13.5. The Morgan fingerprint density at radius 3 is 2.61 bits per heavy atom. The van der Waals surface area contributed by atoms with Gasteiger partial charge in [0.05, 0.1) is 15.5 Å². The summed E-state index contributed by atoms with van der Waals surface area (Å²) in [6.45, 7) is 0. The molecule has 1 N–H and O–H groups in total. The van der Waals surface area contributed by atoms with Gasteiger partial charge in [-0.15, -0.1) is 0 Å². The number of carbonyl (C=O) groups excluding carboxylic acids is 1. The van der Waals surface area contributed by atoms with Crippen LogP contribution in [0.1, 0.15) is 10.4 Å². The van der Waals surface area contributed by atoms with Crippen molar-refractivity contribution in [2.24, 2.45) is 0 Å². The molecule has 0 aliphatic rings. The predicted molar refractivity (Wildman–Crippen MR) is 106 cm³/mol. The van der Waals surface area contributed by atoms with Gasteiger partial charge in [-0.3, -0.25) is 14.9 Å². The van der Waals surface area contributed by atoms with E-state index in [1.807, 2.05) is 12.1 Å². The molecule has 28 heavy (non-hydrogen) atoms. The van der Waals surface area contributed by atoms with Gasteiger partial charge in [0.1, 0.15) is 11.1 Å². The Bertz CT molecular complexity index is 1220. The summed E-state index contributed by atoms with van der Waals surface area (Å²) in [4.78, 5) is 27.4. The van der Waals surface area contributed by atoms with Gasteiger partial charge in [0.25, 0.3) is 11.6 Å². The smallest absolute Gasteiger partial charge is 0.282 e.